The molecule has 2 rings (SSSR count). The van der Waals surface area contributed by atoms with Crippen molar-refractivity contribution in [2.24, 2.45) is 5.92 Å². The number of aryl methyl sites for hydroxylation is 1. The number of alkyl halides is 3. The standard InChI is InChI=1S/C17H23F3N2OS/c1-12-2-4-15(24-11-17(18,19)20)14(10-12)22-16(23)5-3-13-6-8-21-9-7-13/h2,4,10,13,21H,3,5-9,11H2,1H3,(H,22,23). The second-order valence-electron chi connectivity index (χ2n) is 6.18. The fourth-order valence-electron chi connectivity index (χ4n) is 2.75. The SMILES string of the molecule is Cc1ccc(SCC(F)(F)F)c(NC(=O)CCC2CCNCC2)c1. The van der Waals surface area contributed by atoms with Gasteiger partial charge >= 0.3 is 6.18 Å². The van der Waals surface area contributed by atoms with Gasteiger partial charge in [-0.1, -0.05) is 6.07 Å². The normalized spacial score (nSPS) is 16.2. The molecule has 0 radical (unpaired) electrons. The van der Waals surface area contributed by atoms with Crippen LogP contribution in [0.3, 0.4) is 0 Å². The van der Waals surface area contributed by atoms with Crippen LogP contribution < -0.4 is 10.6 Å². The van der Waals surface area contributed by atoms with Gasteiger partial charge in [-0.2, -0.15) is 13.2 Å². The molecule has 7 heteroatoms. The van der Waals surface area contributed by atoms with Crippen molar-refractivity contribution in [1.82, 2.24) is 5.32 Å². The molecule has 1 saturated heterocycles. The van der Waals surface area contributed by atoms with Crippen molar-refractivity contribution in [2.45, 2.75) is 43.7 Å². The quantitative estimate of drug-likeness (QED) is 0.740. The number of thioether (sulfide) groups is 1. The Balaban J connectivity index is 1.91. The molecule has 0 aliphatic carbocycles. The van der Waals surface area contributed by atoms with E-state index in [2.05, 4.69) is 10.6 Å². The molecule has 1 aliphatic heterocycles. The number of hydrogen-bond acceptors (Lipinski definition) is 3. The van der Waals surface area contributed by atoms with Crippen molar-refractivity contribution in [3.63, 3.8) is 0 Å². The summed E-state index contributed by atoms with van der Waals surface area (Å²) in [6, 6.07) is 5.11. The molecule has 0 bridgehead atoms. The summed E-state index contributed by atoms with van der Waals surface area (Å²) >= 11 is 0.703. The molecule has 0 aromatic heterocycles. The first kappa shape index (κ1) is 19.1. The van der Waals surface area contributed by atoms with Gasteiger partial charge in [-0.25, -0.2) is 0 Å². The summed E-state index contributed by atoms with van der Waals surface area (Å²) in [5.74, 6) is -0.546. The molecule has 1 heterocycles. The van der Waals surface area contributed by atoms with Crippen LogP contribution >= 0.6 is 11.8 Å². The maximum Gasteiger partial charge on any atom is 0.398 e. The number of carbonyl (C=O) groups is 1. The topological polar surface area (TPSA) is 41.1 Å². The summed E-state index contributed by atoms with van der Waals surface area (Å²) in [6.45, 7) is 3.83. The van der Waals surface area contributed by atoms with Gasteiger partial charge < -0.3 is 10.6 Å². The molecule has 0 spiro atoms. The molecule has 3 nitrogen and oxygen atoms in total. The van der Waals surface area contributed by atoms with Crippen molar-refractivity contribution in [1.29, 1.82) is 0 Å². The van der Waals surface area contributed by atoms with Gasteiger partial charge in [0.25, 0.3) is 0 Å². The lowest BCUT2D eigenvalue weighted by Crippen LogP contribution is -2.28. The lowest BCUT2D eigenvalue weighted by atomic mass is 9.93. The van der Waals surface area contributed by atoms with Crippen LogP contribution in [0.2, 0.25) is 0 Å². The summed E-state index contributed by atoms with van der Waals surface area (Å²) in [6.07, 6.45) is -0.854. The van der Waals surface area contributed by atoms with Crippen LogP contribution in [0.4, 0.5) is 18.9 Å². The van der Waals surface area contributed by atoms with Crippen molar-refractivity contribution in [3.8, 4) is 0 Å². The zero-order chi connectivity index (χ0) is 17.6. The van der Waals surface area contributed by atoms with E-state index in [-0.39, 0.29) is 5.91 Å². The van der Waals surface area contributed by atoms with Crippen LogP contribution in [0, 0.1) is 12.8 Å². The second-order valence-corrected chi connectivity index (χ2v) is 7.20. The van der Waals surface area contributed by atoms with Gasteiger partial charge in [-0.15, -0.1) is 11.8 Å². The number of anilines is 1. The van der Waals surface area contributed by atoms with Gasteiger partial charge in [0.05, 0.1) is 11.4 Å². The molecule has 0 unspecified atom stereocenters. The Morgan fingerprint density at radius 2 is 2.04 bits per heavy atom. The maximum atomic E-state index is 12.4. The molecule has 1 fully saturated rings. The average molecular weight is 360 g/mol. The molecule has 0 saturated carbocycles. The highest BCUT2D eigenvalue weighted by Crippen LogP contribution is 2.33. The highest BCUT2D eigenvalue weighted by molar-refractivity contribution is 7.99. The minimum Gasteiger partial charge on any atom is -0.325 e. The van der Waals surface area contributed by atoms with Crippen molar-refractivity contribution >= 4 is 23.4 Å². The summed E-state index contributed by atoms with van der Waals surface area (Å²) in [7, 11) is 0. The molecule has 2 N–H and O–H groups in total. The minimum atomic E-state index is -4.23. The van der Waals surface area contributed by atoms with Gasteiger partial charge in [-0.3, -0.25) is 4.79 Å². The second kappa shape index (κ2) is 8.76. The van der Waals surface area contributed by atoms with E-state index in [1.807, 2.05) is 6.92 Å². The maximum absolute atomic E-state index is 12.4. The summed E-state index contributed by atoms with van der Waals surface area (Å²) < 4.78 is 37.3. The predicted octanol–water partition coefficient (Wildman–Crippen LogP) is 4.37. The van der Waals surface area contributed by atoms with Crippen LogP contribution in [-0.4, -0.2) is 30.9 Å². The number of amides is 1. The Labute approximate surface area is 144 Å². The van der Waals surface area contributed by atoms with Gasteiger partial charge in [-0.05, 0) is 62.9 Å². The third kappa shape index (κ3) is 6.73. The highest BCUT2D eigenvalue weighted by atomic mass is 32.2. The van der Waals surface area contributed by atoms with E-state index in [1.54, 1.807) is 18.2 Å². The fraction of sp³-hybridized carbons (Fsp3) is 0.588. The van der Waals surface area contributed by atoms with Crippen LogP contribution in [-0.2, 0) is 4.79 Å². The fourth-order valence-corrected chi connectivity index (χ4v) is 3.49. The largest absolute Gasteiger partial charge is 0.398 e. The first-order valence-electron chi connectivity index (χ1n) is 8.14. The van der Waals surface area contributed by atoms with Gasteiger partial charge in [0.2, 0.25) is 5.91 Å². The third-order valence-electron chi connectivity index (χ3n) is 4.04. The van der Waals surface area contributed by atoms with Crippen molar-refractivity contribution in [3.05, 3.63) is 23.8 Å². The minimum absolute atomic E-state index is 0.131. The van der Waals surface area contributed by atoms with Crippen LogP contribution in [0.25, 0.3) is 0 Å². The summed E-state index contributed by atoms with van der Waals surface area (Å²) in [4.78, 5) is 12.6. The van der Waals surface area contributed by atoms with E-state index >= 15 is 0 Å². The molecule has 24 heavy (non-hydrogen) atoms. The van der Waals surface area contributed by atoms with Crippen molar-refractivity contribution in [2.75, 3.05) is 24.2 Å². The van der Waals surface area contributed by atoms with Crippen molar-refractivity contribution < 1.29 is 18.0 Å². The number of hydrogen-bond donors (Lipinski definition) is 2. The Kier molecular flexibility index (Phi) is 6.98. The molecular weight excluding hydrogens is 337 g/mol. The lowest BCUT2D eigenvalue weighted by molar-refractivity contribution is -0.116. The number of piperidine rings is 1. The molecule has 0 atom stereocenters. The highest BCUT2D eigenvalue weighted by Gasteiger charge is 2.27. The lowest BCUT2D eigenvalue weighted by Gasteiger charge is -2.22. The molecule has 1 aromatic carbocycles. The zero-order valence-corrected chi connectivity index (χ0v) is 14.5. The Morgan fingerprint density at radius 1 is 1.33 bits per heavy atom. The van der Waals surface area contributed by atoms with E-state index in [4.69, 9.17) is 0 Å². The van der Waals surface area contributed by atoms with E-state index < -0.39 is 11.9 Å². The monoisotopic (exact) mass is 360 g/mol. The molecule has 1 amide bonds. The van der Waals surface area contributed by atoms with Crippen LogP contribution in [0.5, 0.6) is 0 Å². The number of carbonyl (C=O) groups excluding carboxylic acids is 1. The van der Waals surface area contributed by atoms with E-state index in [9.17, 15) is 18.0 Å². The zero-order valence-electron chi connectivity index (χ0n) is 13.7. The number of nitrogens with one attached hydrogen (secondary N) is 2. The van der Waals surface area contributed by atoms with Gasteiger partial charge in [0, 0.05) is 11.3 Å². The summed E-state index contributed by atoms with van der Waals surface area (Å²) in [5, 5.41) is 6.07. The average Bonchev–Trinajstić information content (AvgIpc) is 2.52. The van der Waals surface area contributed by atoms with Gasteiger partial charge in [0.15, 0.2) is 0 Å². The molecule has 1 aliphatic rings. The number of rotatable bonds is 6. The van der Waals surface area contributed by atoms with E-state index in [1.165, 1.54) is 0 Å². The molecule has 1 aromatic rings. The first-order valence-corrected chi connectivity index (χ1v) is 9.13. The van der Waals surface area contributed by atoms with E-state index in [0.717, 1.165) is 37.9 Å². The van der Waals surface area contributed by atoms with Gasteiger partial charge in [0.1, 0.15) is 0 Å². The smallest absolute Gasteiger partial charge is 0.325 e. The Hall–Kier alpha value is -1.21. The number of halogens is 3. The predicted molar refractivity (Wildman–Crippen MR) is 91.4 cm³/mol. The number of benzene rings is 1. The Bertz CT molecular complexity index is 557. The molecular formula is C17H23F3N2OS. The third-order valence-corrected chi connectivity index (χ3v) is 5.18. The Morgan fingerprint density at radius 3 is 2.71 bits per heavy atom. The summed E-state index contributed by atoms with van der Waals surface area (Å²) in [5.41, 5.74) is 1.37. The van der Waals surface area contributed by atoms with Crippen LogP contribution in [0.15, 0.2) is 23.1 Å². The van der Waals surface area contributed by atoms with Crippen LogP contribution in [0.1, 0.15) is 31.2 Å². The van der Waals surface area contributed by atoms with E-state index in [0.29, 0.717) is 34.7 Å². The molecule has 134 valence electrons. The first-order chi connectivity index (χ1) is 11.3.